The van der Waals surface area contributed by atoms with Crippen LogP contribution in [0, 0.1) is 11.7 Å². The average molecular weight is 300 g/mol. The molecule has 1 rings (SSSR count). The van der Waals surface area contributed by atoms with Gasteiger partial charge >= 0.3 is 0 Å². The fourth-order valence-corrected chi connectivity index (χ4v) is 2.56. The Kier molecular flexibility index (Phi) is 8.16. The lowest BCUT2D eigenvalue weighted by atomic mass is 9.98. The molecule has 0 fully saturated rings. The van der Waals surface area contributed by atoms with E-state index in [1.54, 1.807) is 6.07 Å². The molecule has 0 heterocycles. The molecule has 1 atom stereocenters. The highest BCUT2D eigenvalue weighted by molar-refractivity contribution is 6.30. The van der Waals surface area contributed by atoms with Crippen molar-refractivity contribution < 1.29 is 4.39 Å². The Labute approximate surface area is 127 Å². The first-order valence-electron chi connectivity index (χ1n) is 7.70. The first kappa shape index (κ1) is 17.5. The van der Waals surface area contributed by atoms with Crippen molar-refractivity contribution in [1.82, 2.24) is 5.32 Å². The van der Waals surface area contributed by atoms with Crippen molar-refractivity contribution in [2.75, 3.05) is 6.54 Å². The van der Waals surface area contributed by atoms with Crippen LogP contribution in [0.5, 0.6) is 0 Å². The van der Waals surface area contributed by atoms with Crippen molar-refractivity contribution in [3.8, 4) is 0 Å². The molecule has 20 heavy (non-hydrogen) atoms. The third-order valence-electron chi connectivity index (χ3n) is 3.51. The van der Waals surface area contributed by atoms with Gasteiger partial charge in [-0.05, 0) is 43.4 Å². The van der Waals surface area contributed by atoms with Crippen LogP contribution in [-0.4, -0.2) is 12.6 Å². The van der Waals surface area contributed by atoms with Crippen molar-refractivity contribution in [2.45, 2.75) is 58.9 Å². The molecule has 114 valence electrons. The summed E-state index contributed by atoms with van der Waals surface area (Å²) < 4.78 is 14.0. The maximum atomic E-state index is 14.0. The van der Waals surface area contributed by atoms with E-state index >= 15 is 0 Å². The van der Waals surface area contributed by atoms with Crippen molar-refractivity contribution in [3.63, 3.8) is 0 Å². The Balaban J connectivity index is 2.60. The van der Waals surface area contributed by atoms with Gasteiger partial charge in [-0.1, -0.05) is 57.3 Å². The Hall–Kier alpha value is -0.600. The molecule has 0 aliphatic rings. The van der Waals surface area contributed by atoms with Crippen LogP contribution in [0.3, 0.4) is 0 Å². The zero-order valence-electron chi connectivity index (χ0n) is 12.9. The molecule has 1 nitrogen and oxygen atoms in total. The standard InChI is InChI=1S/C17H27ClFN/c1-4-11-20-15(9-5-7-13(2)3)12-14-8-6-10-16(18)17(14)19/h6,8,10,13,15,20H,4-5,7,9,11-12H2,1-3H3. The second-order valence-electron chi connectivity index (χ2n) is 5.89. The molecule has 0 spiro atoms. The van der Waals surface area contributed by atoms with Gasteiger partial charge in [0.2, 0.25) is 0 Å². The smallest absolute Gasteiger partial charge is 0.145 e. The van der Waals surface area contributed by atoms with Crippen LogP contribution in [0.1, 0.15) is 52.0 Å². The molecule has 0 amide bonds. The molecular formula is C17H27ClFN. The molecular weight excluding hydrogens is 273 g/mol. The highest BCUT2D eigenvalue weighted by Gasteiger charge is 2.13. The fraction of sp³-hybridized carbons (Fsp3) is 0.647. The van der Waals surface area contributed by atoms with Crippen LogP contribution in [-0.2, 0) is 6.42 Å². The van der Waals surface area contributed by atoms with Gasteiger partial charge in [0, 0.05) is 6.04 Å². The van der Waals surface area contributed by atoms with Crippen LogP contribution in [0.15, 0.2) is 18.2 Å². The van der Waals surface area contributed by atoms with E-state index in [2.05, 4.69) is 26.1 Å². The number of hydrogen-bond donors (Lipinski definition) is 1. The van der Waals surface area contributed by atoms with Gasteiger partial charge in [-0.25, -0.2) is 4.39 Å². The number of hydrogen-bond acceptors (Lipinski definition) is 1. The molecule has 0 saturated carbocycles. The van der Waals surface area contributed by atoms with Gasteiger partial charge < -0.3 is 5.32 Å². The van der Waals surface area contributed by atoms with Crippen molar-refractivity contribution in [1.29, 1.82) is 0 Å². The van der Waals surface area contributed by atoms with E-state index < -0.39 is 0 Å². The molecule has 3 heteroatoms. The Bertz CT molecular complexity index is 393. The first-order chi connectivity index (χ1) is 9.54. The Morgan fingerprint density at radius 2 is 2.00 bits per heavy atom. The van der Waals surface area contributed by atoms with Gasteiger partial charge in [0.1, 0.15) is 5.82 Å². The van der Waals surface area contributed by atoms with Crippen molar-refractivity contribution >= 4 is 11.6 Å². The third-order valence-corrected chi connectivity index (χ3v) is 3.81. The quantitative estimate of drug-likeness (QED) is 0.659. The molecule has 0 bridgehead atoms. The second-order valence-corrected chi connectivity index (χ2v) is 6.30. The number of rotatable bonds is 9. The van der Waals surface area contributed by atoms with Gasteiger partial charge in [0.15, 0.2) is 0 Å². The summed E-state index contributed by atoms with van der Waals surface area (Å²) in [5, 5.41) is 3.75. The van der Waals surface area contributed by atoms with Gasteiger partial charge in [-0.3, -0.25) is 0 Å². The van der Waals surface area contributed by atoms with Gasteiger partial charge in [0.25, 0.3) is 0 Å². The molecule has 1 aromatic carbocycles. The minimum absolute atomic E-state index is 0.221. The summed E-state index contributed by atoms with van der Waals surface area (Å²) in [6, 6.07) is 5.60. The third kappa shape index (κ3) is 6.23. The van der Waals surface area contributed by atoms with Crippen LogP contribution in [0.4, 0.5) is 4.39 Å². The lowest BCUT2D eigenvalue weighted by molar-refractivity contribution is 0.429. The second kappa shape index (κ2) is 9.36. The summed E-state index contributed by atoms with van der Waals surface area (Å²) in [6.45, 7) is 7.61. The van der Waals surface area contributed by atoms with Crippen LogP contribution >= 0.6 is 11.6 Å². The highest BCUT2D eigenvalue weighted by Crippen LogP contribution is 2.20. The molecule has 0 aliphatic heterocycles. The van der Waals surface area contributed by atoms with Crippen LogP contribution in [0.2, 0.25) is 5.02 Å². The maximum Gasteiger partial charge on any atom is 0.145 e. The number of halogens is 2. The SMILES string of the molecule is CCCNC(CCCC(C)C)Cc1cccc(Cl)c1F. The predicted octanol–water partition coefficient (Wildman–Crippen LogP) is 5.22. The van der Waals surface area contributed by atoms with Crippen molar-refractivity contribution in [3.05, 3.63) is 34.6 Å². The van der Waals surface area contributed by atoms with Gasteiger partial charge in [-0.15, -0.1) is 0 Å². The van der Waals surface area contributed by atoms with Gasteiger partial charge in [0.05, 0.1) is 5.02 Å². The number of benzene rings is 1. The molecule has 1 aromatic rings. The van der Waals surface area contributed by atoms with E-state index in [0.29, 0.717) is 12.5 Å². The minimum atomic E-state index is -0.263. The Morgan fingerprint density at radius 1 is 1.25 bits per heavy atom. The Morgan fingerprint density at radius 3 is 2.65 bits per heavy atom. The number of nitrogens with one attached hydrogen (secondary N) is 1. The molecule has 0 aromatic heterocycles. The van der Waals surface area contributed by atoms with E-state index in [9.17, 15) is 4.39 Å². The molecule has 0 radical (unpaired) electrons. The van der Waals surface area contributed by atoms with E-state index in [1.807, 2.05) is 12.1 Å². The monoisotopic (exact) mass is 299 g/mol. The molecule has 1 unspecified atom stereocenters. The maximum absolute atomic E-state index is 14.0. The summed E-state index contributed by atoms with van der Waals surface area (Å²) in [6.07, 6.45) is 5.30. The lowest BCUT2D eigenvalue weighted by Crippen LogP contribution is -2.32. The van der Waals surface area contributed by atoms with E-state index in [1.165, 1.54) is 12.8 Å². The molecule has 0 aliphatic carbocycles. The minimum Gasteiger partial charge on any atom is -0.314 e. The zero-order valence-corrected chi connectivity index (χ0v) is 13.6. The normalized spacial score (nSPS) is 12.9. The van der Waals surface area contributed by atoms with E-state index in [-0.39, 0.29) is 10.8 Å². The average Bonchev–Trinajstić information content (AvgIpc) is 2.40. The first-order valence-corrected chi connectivity index (χ1v) is 8.08. The largest absolute Gasteiger partial charge is 0.314 e. The summed E-state index contributed by atoms with van der Waals surface area (Å²) >= 11 is 5.85. The highest BCUT2D eigenvalue weighted by atomic mass is 35.5. The summed E-state index contributed by atoms with van der Waals surface area (Å²) in [7, 11) is 0. The zero-order chi connectivity index (χ0) is 15.0. The van der Waals surface area contributed by atoms with E-state index in [0.717, 1.165) is 30.9 Å². The fourth-order valence-electron chi connectivity index (χ4n) is 2.37. The van der Waals surface area contributed by atoms with E-state index in [4.69, 9.17) is 11.6 Å². The van der Waals surface area contributed by atoms with Crippen molar-refractivity contribution in [2.24, 2.45) is 5.92 Å². The van der Waals surface area contributed by atoms with Crippen LogP contribution in [0.25, 0.3) is 0 Å². The molecule has 1 N–H and O–H groups in total. The van der Waals surface area contributed by atoms with Gasteiger partial charge in [-0.2, -0.15) is 0 Å². The molecule has 0 saturated heterocycles. The topological polar surface area (TPSA) is 12.0 Å². The summed E-state index contributed by atoms with van der Waals surface area (Å²) in [5.74, 6) is 0.464. The van der Waals surface area contributed by atoms with Crippen LogP contribution < -0.4 is 5.32 Å². The predicted molar refractivity (Wildman–Crippen MR) is 85.9 cm³/mol. The summed E-state index contributed by atoms with van der Waals surface area (Å²) in [4.78, 5) is 0. The lowest BCUT2D eigenvalue weighted by Gasteiger charge is -2.19. The summed E-state index contributed by atoms with van der Waals surface area (Å²) in [5.41, 5.74) is 0.718.